The highest BCUT2D eigenvalue weighted by Crippen LogP contribution is 2.30. The van der Waals surface area contributed by atoms with Gasteiger partial charge in [0.1, 0.15) is 5.82 Å². The molecule has 0 spiro atoms. The summed E-state index contributed by atoms with van der Waals surface area (Å²) >= 11 is 0. The van der Waals surface area contributed by atoms with Gasteiger partial charge in [0.05, 0.1) is 11.1 Å². The van der Waals surface area contributed by atoms with E-state index in [2.05, 4.69) is 0 Å². The topological polar surface area (TPSA) is 46.3 Å². The number of likely N-dealkylation sites (tertiary alicyclic amines) is 1. The fourth-order valence-corrected chi connectivity index (χ4v) is 2.14. The third-order valence-electron chi connectivity index (χ3n) is 3.35. The number of halogens is 4. The molecular formula is C13H14F4N2O. The minimum Gasteiger partial charge on any atom is -0.338 e. The molecule has 1 saturated heterocycles. The zero-order valence-corrected chi connectivity index (χ0v) is 10.6. The van der Waals surface area contributed by atoms with E-state index >= 15 is 0 Å². The molecule has 2 N–H and O–H groups in total. The van der Waals surface area contributed by atoms with Crippen molar-refractivity contribution in [1.82, 2.24) is 4.90 Å². The van der Waals surface area contributed by atoms with Gasteiger partial charge in [-0.3, -0.25) is 4.79 Å². The van der Waals surface area contributed by atoms with Gasteiger partial charge in [-0.15, -0.1) is 0 Å². The highest BCUT2D eigenvalue weighted by molar-refractivity contribution is 5.94. The number of benzene rings is 1. The number of amides is 1. The van der Waals surface area contributed by atoms with E-state index in [1.807, 2.05) is 0 Å². The van der Waals surface area contributed by atoms with Crippen molar-refractivity contribution in [3.8, 4) is 0 Å². The Kier molecular flexibility index (Phi) is 3.99. The molecule has 20 heavy (non-hydrogen) atoms. The molecule has 0 unspecified atom stereocenters. The quantitative estimate of drug-likeness (QED) is 0.807. The molecule has 1 aromatic carbocycles. The van der Waals surface area contributed by atoms with Crippen molar-refractivity contribution >= 4 is 5.91 Å². The van der Waals surface area contributed by atoms with Crippen LogP contribution in [0.15, 0.2) is 18.2 Å². The first-order valence-corrected chi connectivity index (χ1v) is 6.20. The molecular weight excluding hydrogens is 276 g/mol. The highest BCUT2D eigenvalue weighted by atomic mass is 19.4. The second kappa shape index (κ2) is 5.40. The molecule has 0 aliphatic carbocycles. The molecule has 2 rings (SSSR count). The molecule has 1 heterocycles. The number of carbonyl (C=O) groups excluding carboxylic acids is 1. The summed E-state index contributed by atoms with van der Waals surface area (Å²) in [7, 11) is 0. The first kappa shape index (κ1) is 14.8. The monoisotopic (exact) mass is 290 g/mol. The lowest BCUT2D eigenvalue weighted by atomic mass is 10.0. The Balaban J connectivity index is 2.25. The number of piperidine rings is 1. The van der Waals surface area contributed by atoms with E-state index in [0.717, 1.165) is 0 Å². The Morgan fingerprint density at radius 3 is 2.40 bits per heavy atom. The van der Waals surface area contributed by atoms with Crippen LogP contribution >= 0.6 is 0 Å². The van der Waals surface area contributed by atoms with E-state index in [0.29, 0.717) is 44.1 Å². The van der Waals surface area contributed by atoms with E-state index in [-0.39, 0.29) is 6.04 Å². The summed E-state index contributed by atoms with van der Waals surface area (Å²) in [4.78, 5) is 13.4. The van der Waals surface area contributed by atoms with Gasteiger partial charge in [0, 0.05) is 19.1 Å². The molecule has 0 saturated carbocycles. The highest BCUT2D eigenvalue weighted by Gasteiger charge is 2.33. The molecule has 0 bridgehead atoms. The maximum atomic E-state index is 13.6. The molecule has 0 atom stereocenters. The average Bonchev–Trinajstić information content (AvgIpc) is 2.38. The summed E-state index contributed by atoms with van der Waals surface area (Å²) in [5.41, 5.74) is 4.11. The second-order valence-electron chi connectivity index (χ2n) is 4.82. The van der Waals surface area contributed by atoms with Gasteiger partial charge in [0.2, 0.25) is 0 Å². The third-order valence-corrected chi connectivity index (χ3v) is 3.35. The minimum absolute atomic E-state index is 0.0228. The van der Waals surface area contributed by atoms with Gasteiger partial charge in [0.25, 0.3) is 5.91 Å². The standard InChI is InChI=1S/C13H14F4N2O/c14-11-2-1-8(13(15,16)17)7-10(11)12(20)19-5-3-9(18)4-6-19/h1-2,7,9H,3-6,18H2. The average molecular weight is 290 g/mol. The van der Waals surface area contributed by atoms with Gasteiger partial charge in [0.15, 0.2) is 0 Å². The Labute approximate surface area is 113 Å². The SMILES string of the molecule is NC1CCN(C(=O)c2cc(C(F)(F)F)ccc2F)CC1. The first-order chi connectivity index (χ1) is 9.29. The summed E-state index contributed by atoms with van der Waals surface area (Å²) in [5, 5.41) is 0. The van der Waals surface area contributed by atoms with Gasteiger partial charge in [-0.05, 0) is 31.0 Å². The lowest BCUT2D eigenvalue weighted by Gasteiger charge is -2.30. The van der Waals surface area contributed by atoms with E-state index < -0.39 is 29.0 Å². The molecule has 3 nitrogen and oxygen atoms in total. The number of hydrogen-bond donors (Lipinski definition) is 1. The van der Waals surface area contributed by atoms with Gasteiger partial charge in [-0.1, -0.05) is 0 Å². The maximum Gasteiger partial charge on any atom is 0.416 e. The molecule has 1 fully saturated rings. The van der Waals surface area contributed by atoms with Crippen molar-refractivity contribution in [1.29, 1.82) is 0 Å². The lowest BCUT2D eigenvalue weighted by molar-refractivity contribution is -0.137. The van der Waals surface area contributed by atoms with Crippen LogP contribution < -0.4 is 5.73 Å². The Morgan fingerprint density at radius 2 is 1.85 bits per heavy atom. The smallest absolute Gasteiger partial charge is 0.338 e. The van der Waals surface area contributed by atoms with Crippen molar-refractivity contribution in [3.63, 3.8) is 0 Å². The fraction of sp³-hybridized carbons (Fsp3) is 0.462. The normalized spacial score (nSPS) is 17.4. The number of carbonyl (C=O) groups is 1. The zero-order chi connectivity index (χ0) is 14.9. The molecule has 0 aromatic heterocycles. The maximum absolute atomic E-state index is 13.6. The number of hydrogen-bond acceptors (Lipinski definition) is 2. The number of nitrogens with two attached hydrogens (primary N) is 1. The van der Waals surface area contributed by atoms with Gasteiger partial charge in [-0.2, -0.15) is 13.2 Å². The van der Waals surface area contributed by atoms with E-state index in [4.69, 9.17) is 5.73 Å². The summed E-state index contributed by atoms with van der Waals surface area (Å²) in [6.07, 6.45) is -3.48. The van der Waals surface area contributed by atoms with Crippen LogP contribution in [0.1, 0.15) is 28.8 Å². The van der Waals surface area contributed by atoms with E-state index in [1.165, 1.54) is 4.90 Å². The van der Waals surface area contributed by atoms with Gasteiger partial charge >= 0.3 is 6.18 Å². The second-order valence-corrected chi connectivity index (χ2v) is 4.82. The summed E-state index contributed by atoms with van der Waals surface area (Å²) in [6.45, 7) is 0.658. The Hall–Kier alpha value is -1.63. The van der Waals surface area contributed by atoms with Crippen LogP contribution in [0.25, 0.3) is 0 Å². The molecule has 0 radical (unpaired) electrons. The van der Waals surface area contributed by atoms with Crippen LogP contribution in [0, 0.1) is 5.82 Å². The van der Waals surface area contributed by atoms with E-state index in [9.17, 15) is 22.4 Å². The van der Waals surface area contributed by atoms with Crippen molar-refractivity contribution in [2.45, 2.75) is 25.1 Å². The minimum atomic E-state index is -4.60. The molecule has 1 amide bonds. The largest absolute Gasteiger partial charge is 0.416 e. The first-order valence-electron chi connectivity index (χ1n) is 6.20. The Morgan fingerprint density at radius 1 is 1.25 bits per heavy atom. The molecule has 110 valence electrons. The number of alkyl halides is 3. The summed E-state index contributed by atoms with van der Waals surface area (Å²) in [5.74, 6) is -1.67. The van der Waals surface area contributed by atoms with Crippen LogP contribution in [-0.4, -0.2) is 29.9 Å². The molecule has 1 aromatic rings. The van der Waals surface area contributed by atoms with E-state index in [1.54, 1.807) is 0 Å². The molecule has 1 aliphatic rings. The predicted molar refractivity (Wildman–Crippen MR) is 64.5 cm³/mol. The van der Waals surface area contributed by atoms with Crippen LogP contribution in [0.4, 0.5) is 17.6 Å². The zero-order valence-electron chi connectivity index (χ0n) is 10.6. The summed E-state index contributed by atoms with van der Waals surface area (Å²) < 4.78 is 51.4. The summed E-state index contributed by atoms with van der Waals surface area (Å²) in [6, 6.07) is 1.83. The van der Waals surface area contributed by atoms with Crippen LogP contribution in [0.5, 0.6) is 0 Å². The number of nitrogens with zero attached hydrogens (tertiary/aromatic N) is 1. The van der Waals surface area contributed by atoms with Crippen molar-refractivity contribution < 1.29 is 22.4 Å². The molecule has 1 aliphatic heterocycles. The van der Waals surface area contributed by atoms with Gasteiger partial charge in [-0.25, -0.2) is 4.39 Å². The van der Waals surface area contributed by atoms with Crippen molar-refractivity contribution in [2.75, 3.05) is 13.1 Å². The van der Waals surface area contributed by atoms with Crippen molar-refractivity contribution in [3.05, 3.63) is 35.1 Å². The van der Waals surface area contributed by atoms with Crippen molar-refractivity contribution in [2.24, 2.45) is 5.73 Å². The van der Waals surface area contributed by atoms with Crippen LogP contribution in [-0.2, 0) is 6.18 Å². The van der Waals surface area contributed by atoms with Gasteiger partial charge < -0.3 is 10.6 Å². The third kappa shape index (κ3) is 3.09. The molecule has 7 heteroatoms. The lowest BCUT2D eigenvalue weighted by Crippen LogP contribution is -2.43. The number of rotatable bonds is 1. The van der Waals surface area contributed by atoms with Crippen LogP contribution in [0.3, 0.4) is 0 Å². The fourth-order valence-electron chi connectivity index (χ4n) is 2.14. The Bertz CT molecular complexity index is 508. The predicted octanol–water partition coefficient (Wildman–Crippen LogP) is 2.41. The van der Waals surface area contributed by atoms with Crippen LogP contribution in [0.2, 0.25) is 0 Å².